The molecule has 1 amide bonds. The molecule has 0 aromatic heterocycles. The number of carbonyl (C=O) groups is 2. The number of carbonyl (C=O) groups excluding carboxylic acids is 1. The fraction of sp³-hybridized carbons (Fsp3) is 0.429. The molecule has 0 saturated carbocycles. The minimum absolute atomic E-state index is 0.0474. The van der Waals surface area contributed by atoms with Crippen LogP contribution in [0.5, 0.6) is 0 Å². The Hall–Kier alpha value is -2.12. The molecule has 3 unspecified atom stereocenters. The van der Waals surface area contributed by atoms with Crippen LogP contribution in [0.25, 0.3) is 0 Å². The minimum Gasteiger partial charge on any atom is -0.479 e. The van der Waals surface area contributed by atoms with Crippen LogP contribution in [0.3, 0.4) is 0 Å². The molecule has 0 bridgehead atoms. The van der Waals surface area contributed by atoms with Crippen molar-refractivity contribution in [3.8, 4) is 0 Å². The van der Waals surface area contributed by atoms with Gasteiger partial charge in [-0.15, -0.1) is 11.8 Å². The predicted molar refractivity (Wildman–Crippen MR) is 106 cm³/mol. The molecule has 0 radical (unpaired) electrons. The van der Waals surface area contributed by atoms with Gasteiger partial charge in [0.2, 0.25) is 5.91 Å². The summed E-state index contributed by atoms with van der Waals surface area (Å²) in [5, 5.41) is 9.57. The number of aliphatic carboxylic acids is 1. The normalized spacial score (nSPS) is 27.6. The molecule has 7 heteroatoms. The third kappa shape index (κ3) is 3.37. The summed E-state index contributed by atoms with van der Waals surface area (Å²) in [7, 11) is 1.40. The van der Waals surface area contributed by atoms with Crippen molar-refractivity contribution in [3.05, 3.63) is 59.1 Å². The van der Waals surface area contributed by atoms with Crippen molar-refractivity contribution in [2.75, 3.05) is 12.9 Å². The highest BCUT2D eigenvalue weighted by Crippen LogP contribution is 2.46. The van der Waals surface area contributed by atoms with Crippen LogP contribution in [0.2, 0.25) is 0 Å². The average Bonchev–Trinajstić information content (AvgIpc) is 3.05. The average molecular weight is 405 g/mol. The van der Waals surface area contributed by atoms with Gasteiger partial charge in [0, 0.05) is 18.7 Å². The standard InChI is InChI=1S/C21H24FNO4S/c1-4-5-16-13(2)17(10-11-21(16,27-3)20(25)26)23-18(24)12-28-19(23)14-6-8-15(22)9-7-14/h6-11,16,19H,4-5,12H2,1-3H3,(H,25,26). The maximum absolute atomic E-state index is 13.3. The number of benzene rings is 1. The quantitative estimate of drug-likeness (QED) is 0.771. The Labute approximate surface area is 168 Å². The van der Waals surface area contributed by atoms with Gasteiger partial charge in [-0.25, -0.2) is 9.18 Å². The Morgan fingerprint density at radius 3 is 2.64 bits per heavy atom. The lowest BCUT2D eigenvalue weighted by molar-refractivity contribution is -0.161. The topological polar surface area (TPSA) is 66.8 Å². The minimum atomic E-state index is -1.44. The fourth-order valence-electron chi connectivity index (χ4n) is 4.02. The van der Waals surface area contributed by atoms with Crippen molar-refractivity contribution in [2.24, 2.45) is 5.92 Å². The molecule has 1 saturated heterocycles. The van der Waals surface area contributed by atoms with Crippen LogP contribution in [-0.4, -0.2) is 40.3 Å². The van der Waals surface area contributed by atoms with E-state index in [0.717, 1.165) is 17.6 Å². The first-order chi connectivity index (χ1) is 13.4. The van der Waals surface area contributed by atoms with Gasteiger partial charge in [-0.2, -0.15) is 0 Å². The summed E-state index contributed by atoms with van der Waals surface area (Å²) in [5.41, 5.74) is 0.915. The zero-order valence-corrected chi connectivity index (χ0v) is 17.0. The van der Waals surface area contributed by atoms with Crippen LogP contribution in [0.15, 0.2) is 47.7 Å². The molecule has 1 N–H and O–H groups in total. The lowest BCUT2D eigenvalue weighted by Crippen LogP contribution is -2.49. The molecule has 3 atom stereocenters. The Bertz CT molecular complexity index is 835. The second-order valence-corrected chi connectivity index (χ2v) is 8.09. The van der Waals surface area contributed by atoms with Gasteiger partial charge in [-0.1, -0.05) is 25.5 Å². The number of hydrogen-bond donors (Lipinski definition) is 1. The Balaban J connectivity index is 2.05. The number of allylic oxidation sites excluding steroid dienone is 1. The number of carboxylic acid groups (broad SMARTS) is 1. The van der Waals surface area contributed by atoms with Crippen LogP contribution in [0, 0.1) is 11.7 Å². The van der Waals surface area contributed by atoms with E-state index in [9.17, 15) is 19.1 Å². The van der Waals surface area contributed by atoms with E-state index in [4.69, 9.17) is 4.74 Å². The van der Waals surface area contributed by atoms with Crippen molar-refractivity contribution >= 4 is 23.6 Å². The van der Waals surface area contributed by atoms with Crippen molar-refractivity contribution in [3.63, 3.8) is 0 Å². The molecule has 2 aliphatic rings. The van der Waals surface area contributed by atoms with E-state index in [1.807, 2.05) is 13.8 Å². The zero-order valence-electron chi connectivity index (χ0n) is 16.1. The number of thioether (sulfide) groups is 1. The summed E-state index contributed by atoms with van der Waals surface area (Å²) in [5.74, 6) is -1.48. The monoisotopic (exact) mass is 405 g/mol. The molecular weight excluding hydrogens is 381 g/mol. The Morgan fingerprint density at radius 2 is 2.07 bits per heavy atom. The van der Waals surface area contributed by atoms with E-state index in [1.165, 1.54) is 31.0 Å². The van der Waals surface area contributed by atoms with E-state index < -0.39 is 11.6 Å². The SMILES string of the molecule is CCCC1C(C)=C(N2C(=O)CSC2c2ccc(F)cc2)C=CC1(OC)C(=O)O. The summed E-state index contributed by atoms with van der Waals surface area (Å²) >= 11 is 1.48. The van der Waals surface area contributed by atoms with Crippen LogP contribution in [0.4, 0.5) is 4.39 Å². The number of halogens is 1. The molecule has 1 aromatic rings. The third-order valence-electron chi connectivity index (χ3n) is 5.47. The van der Waals surface area contributed by atoms with Gasteiger partial charge in [-0.3, -0.25) is 9.69 Å². The van der Waals surface area contributed by atoms with Crippen molar-refractivity contribution in [2.45, 2.75) is 37.7 Å². The summed E-state index contributed by atoms with van der Waals surface area (Å²) in [6, 6.07) is 6.13. The van der Waals surface area contributed by atoms with E-state index in [-0.39, 0.29) is 23.0 Å². The molecule has 1 aliphatic heterocycles. The van der Waals surface area contributed by atoms with Gasteiger partial charge in [0.15, 0.2) is 5.60 Å². The first-order valence-electron chi connectivity index (χ1n) is 9.23. The van der Waals surface area contributed by atoms with Crippen LogP contribution in [-0.2, 0) is 14.3 Å². The van der Waals surface area contributed by atoms with Gasteiger partial charge < -0.3 is 9.84 Å². The summed E-state index contributed by atoms with van der Waals surface area (Å²) in [6.07, 6.45) is 4.64. The molecule has 28 heavy (non-hydrogen) atoms. The van der Waals surface area contributed by atoms with Gasteiger partial charge in [0.05, 0.1) is 5.75 Å². The molecule has 1 aromatic carbocycles. The number of ether oxygens (including phenoxy) is 1. The van der Waals surface area contributed by atoms with Gasteiger partial charge >= 0.3 is 5.97 Å². The van der Waals surface area contributed by atoms with Crippen LogP contribution < -0.4 is 0 Å². The first-order valence-corrected chi connectivity index (χ1v) is 10.3. The zero-order chi connectivity index (χ0) is 20.5. The fourth-order valence-corrected chi connectivity index (χ4v) is 5.19. The van der Waals surface area contributed by atoms with E-state index in [1.54, 1.807) is 29.2 Å². The molecule has 0 spiro atoms. The largest absolute Gasteiger partial charge is 0.479 e. The number of nitrogens with zero attached hydrogens (tertiary/aromatic N) is 1. The molecule has 1 fully saturated rings. The summed E-state index contributed by atoms with van der Waals surface area (Å²) in [4.78, 5) is 26.4. The van der Waals surface area contributed by atoms with Crippen LogP contribution in [0.1, 0.15) is 37.6 Å². The van der Waals surface area contributed by atoms with E-state index in [0.29, 0.717) is 17.9 Å². The predicted octanol–water partition coefficient (Wildman–Crippen LogP) is 4.13. The molecule has 1 heterocycles. The van der Waals surface area contributed by atoms with E-state index in [2.05, 4.69) is 0 Å². The van der Waals surface area contributed by atoms with Crippen molar-refractivity contribution < 1.29 is 23.8 Å². The smallest absolute Gasteiger partial charge is 0.340 e. The number of rotatable bonds is 6. The maximum Gasteiger partial charge on any atom is 0.340 e. The molecular formula is C21H24FNO4S. The Morgan fingerprint density at radius 1 is 1.39 bits per heavy atom. The maximum atomic E-state index is 13.3. The second-order valence-electron chi connectivity index (χ2n) is 7.02. The molecule has 150 valence electrons. The highest BCUT2D eigenvalue weighted by molar-refractivity contribution is 8.00. The summed E-state index contributed by atoms with van der Waals surface area (Å²) in [6.45, 7) is 3.86. The van der Waals surface area contributed by atoms with E-state index >= 15 is 0 Å². The number of hydrogen-bond acceptors (Lipinski definition) is 4. The Kier molecular flexibility index (Phi) is 5.95. The molecule has 5 nitrogen and oxygen atoms in total. The van der Waals surface area contributed by atoms with Gasteiger partial charge in [-0.05, 0) is 48.8 Å². The van der Waals surface area contributed by atoms with Crippen LogP contribution >= 0.6 is 11.8 Å². The lowest BCUT2D eigenvalue weighted by atomic mass is 9.75. The molecule has 1 aliphatic carbocycles. The number of methoxy groups -OCH3 is 1. The van der Waals surface area contributed by atoms with Crippen molar-refractivity contribution in [1.82, 2.24) is 4.90 Å². The lowest BCUT2D eigenvalue weighted by Gasteiger charge is -2.40. The second kappa shape index (κ2) is 8.09. The molecule has 3 rings (SSSR count). The number of carboxylic acids is 1. The summed E-state index contributed by atoms with van der Waals surface area (Å²) < 4.78 is 18.8. The number of amides is 1. The van der Waals surface area contributed by atoms with Crippen molar-refractivity contribution in [1.29, 1.82) is 0 Å². The van der Waals surface area contributed by atoms with Gasteiger partial charge in [0.25, 0.3) is 0 Å². The highest BCUT2D eigenvalue weighted by Gasteiger charge is 2.48. The third-order valence-corrected chi connectivity index (χ3v) is 6.68. The van der Waals surface area contributed by atoms with Gasteiger partial charge in [0.1, 0.15) is 11.2 Å². The highest BCUT2D eigenvalue weighted by atomic mass is 32.2. The first kappa shape index (κ1) is 20.6.